The van der Waals surface area contributed by atoms with Crippen molar-refractivity contribution in [3.63, 3.8) is 0 Å². The zero-order valence-electron chi connectivity index (χ0n) is 9.41. The monoisotopic (exact) mass is 391 g/mol. The second kappa shape index (κ2) is 5.43. The van der Waals surface area contributed by atoms with Gasteiger partial charge in [0.2, 0.25) is 0 Å². The molecule has 90 valence electrons. The first-order valence-corrected chi connectivity index (χ1v) is 8.02. The van der Waals surface area contributed by atoms with Crippen LogP contribution >= 0.6 is 55.8 Å². The lowest BCUT2D eigenvalue weighted by Gasteiger charge is -2.27. The molecular formula is C12H11Br2NS2. The Labute approximate surface area is 128 Å². The number of hydrogen-bond donors (Lipinski definition) is 0. The first-order chi connectivity index (χ1) is 8.06. The molecule has 1 heterocycles. The van der Waals surface area contributed by atoms with Crippen LogP contribution in [0.25, 0.3) is 0 Å². The van der Waals surface area contributed by atoms with E-state index < -0.39 is 0 Å². The second-order valence-corrected chi connectivity index (χ2v) is 7.04. The molecule has 0 aliphatic carbocycles. The van der Waals surface area contributed by atoms with Gasteiger partial charge in [0.1, 0.15) is 5.37 Å². The first kappa shape index (κ1) is 13.6. The Morgan fingerprint density at radius 3 is 2.41 bits per heavy atom. The van der Waals surface area contributed by atoms with Crippen LogP contribution in [0.2, 0.25) is 0 Å². The van der Waals surface area contributed by atoms with E-state index in [4.69, 9.17) is 12.2 Å². The molecule has 5 heteroatoms. The predicted molar refractivity (Wildman–Crippen MR) is 87.7 cm³/mol. The fraction of sp³-hybridized carbons (Fsp3) is 0.250. The number of anilines is 1. The molecular weight excluding hydrogens is 382 g/mol. The van der Waals surface area contributed by atoms with Crippen molar-refractivity contribution in [1.82, 2.24) is 0 Å². The Hall–Kier alpha value is 0.160. The van der Waals surface area contributed by atoms with Crippen molar-refractivity contribution in [1.29, 1.82) is 0 Å². The van der Waals surface area contributed by atoms with Gasteiger partial charge in [-0.3, -0.25) is 0 Å². The van der Waals surface area contributed by atoms with Crippen molar-refractivity contribution >= 4 is 66.9 Å². The highest BCUT2D eigenvalue weighted by molar-refractivity contribution is 9.11. The summed E-state index contributed by atoms with van der Waals surface area (Å²) in [6.45, 7) is 4.27. The lowest BCUT2D eigenvalue weighted by atomic mass is 10.2. The number of benzene rings is 1. The molecule has 0 saturated carbocycles. The van der Waals surface area contributed by atoms with E-state index in [-0.39, 0.29) is 5.37 Å². The molecule has 1 aromatic carbocycles. The van der Waals surface area contributed by atoms with Gasteiger partial charge < -0.3 is 4.90 Å². The van der Waals surface area contributed by atoms with Crippen LogP contribution in [0.4, 0.5) is 5.69 Å². The van der Waals surface area contributed by atoms with Crippen molar-refractivity contribution in [2.75, 3.05) is 4.90 Å². The summed E-state index contributed by atoms with van der Waals surface area (Å²) in [5.41, 5.74) is 2.40. The van der Waals surface area contributed by atoms with Crippen LogP contribution in [-0.2, 0) is 0 Å². The molecule has 0 saturated heterocycles. The van der Waals surface area contributed by atoms with Gasteiger partial charge in [0.15, 0.2) is 0 Å². The smallest absolute Gasteiger partial charge is 0.113 e. The summed E-state index contributed by atoms with van der Waals surface area (Å²) < 4.78 is 2.15. The van der Waals surface area contributed by atoms with E-state index in [2.05, 4.69) is 50.6 Å². The van der Waals surface area contributed by atoms with Crippen molar-refractivity contribution in [3.05, 3.63) is 37.7 Å². The molecule has 17 heavy (non-hydrogen) atoms. The van der Waals surface area contributed by atoms with E-state index in [1.807, 2.05) is 23.6 Å². The van der Waals surface area contributed by atoms with Crippen LogP contribution in [-0.4, -0.2) is 10.7 Å². The zero-order valence-corrected chi connectivity index (χ0v) is 14.2. The number of thiocarbonyl (C=S) groups is 1. The van der Waals surface area contributed by atoms with Gasteiger partial charge >= 0.3 is 0 Å². The topological polar surface area (TPSA) is 3.24 Å². The molecule has 0 N–H and O–H groups in total. The minimum Gasteiger partial charge on any atom is -0.326 e. The van der Waals surface area contributed by atoms with Crippen LogP contribution in [0.3, 0.4) is 0 Å². The summed E-state index contributed by atoms with van der Waals surface area (Å²) in [6, 6.07) is 6.11. The molecule has 0 fully saturated rings. The lowest BCUT2D eigenvalue weighted by Crippen LogP contribution is -2.28. The molecule has 2 rings (SSSR count). The summed E-state index contributed by atoms with van der Waals surface area (Å²) in [5.74, 6) is 0. The molecule has 1 aromatic rings. The number of halogens is 2. The van der Waals surface area contributed by atoms with Gasteiger partial charge in [-0.2, -0.15) is 0 Å². The maximum atomic E-state index is 5.14. The normalized spacial score (nSPS) is 20.0. The third-order valence-electron chi connectivity index (χ3n) is 2.72. The van der Waals surface area contributed by atoms with E-state index in [1.54, 1.807) is 11.8 Å². The Kier molecular flexibility index (Phi) is 4.34. The Morgan fingerprint density at radius 1 is 1.29 bits per heavy atom. The fourth-order valence-corrected chi connectivity index (χ4v) is 4.51. The van der Waals surface area contributed by atoms with Crippen LogP contribution in [0.5, 0.6) is 0 Å². The highest BCUT2D eigenvalue weighted by Gasteiger charge is 2.30. The third kappa shape index (κ3) is 2.48. The largest absolute Gasteiger partial charge is 0.326 e. The van der Waals surface area contributed by atoms with Crippen LogP contribution in [0.15, 0.2) is 37.7 Å². The van der Waals surface area contributed by atoms with Gasteiger partial charge in [-0.25, -0.2) is 0 Å². The average molecular weight is 393 g/mol. The molecule has 0 spiro atoms. The highest BCUT2D eigenvalue weighted by Crippen LogP contribution is 2.45. The van der Waals surface area contributed by atoms with Crippen LogP contribution in [0.1, 0.15) is 13.8 Å². The van der Waals surface area contributed by atoms with Gasteiger partial charge in [0.05, 0.1) is 5.69 Å². The molecule has 1 atom stereocenters. The molecule has 1 unspecified atom stereocenters. The predicted octanol–water partition coefficient (Wildman–Crippen LogP) is 5.34. The molecule has 0 radical (unpaired) electrons. The number of allylic oxidation sites excluding steroid dienone is 2. The van der Waals surface area contributed by atoms with E-state index in [0.717, 1.165) is 14.6 Å². The molecule has 0 amide bonds. The molecule has 0 bridgehead atoms. The first-order valence-electron chi connectivity index (χ1n) is 5.09. The SMILES string of the molecule is CC1=C(C)N(c2c(Br)cccc2Br)C(C=S)S1. The number of hydrogen-bond acceptors (Lipinski definition) is 3. The Balaban J connectivity index is 2.55. The highest BCUT2D eigenvalue weighted by atomic mass is 79.9. The van der Waals surface area contributed by atoms with Gasteiger partial charge in [-0.05, 0) is 57.8 Å². The summed E-state index contributed by atoms with van der Waals surface area (Å²) in [6.07, 6.45) is 0. The standard InChI is InChI=1S/C12H11Br2NS2/c1-7-8(2)17-11(6-16)15(7)12-9(13)4-3-5-10(12)14/h3-6,11H,1-2H3. The van der Waals surface area contributed by atoms with Crippen molar-refractivity contribution in [2.45, 2.75) is 19.2 Å². The van der Waals surface area contributed by atoms with Crippen molar-refractivity contribution in [2.24, 2.45) is 0 Å². The third-order valence-corrected chi connectivity index (χ3v) is 5.66. The van der Waals surface area contributed by atoms with E-state index in [0.29, 0.717) is 0 Å². The number of thioether (sulfide) groups is 1. The maximum Gasteiger partial charge on any atom is 0.113 e. The average Bonchev–Trinajstić information content (AvgIpc) is 2.56. The minimum atomic E-state index is 0.194. The summed E-state index contributed by atoms with van der Waals surface area (Å²) >= 11 is 14.2. The van der Waals surface area contributed by atoms with E-state index >= 15 is 0 Å². The summed E-state index contributed by atoms with van der Waals surface area (Å²) in [4.78, 5) is 3.58. The number of rotatable bonds is 2. The fourth-order valence-electron chi connectivity index (χ4n) is 1.78. The van der Waals surface area contributed by atoms with Crippen LogP contribution < -0.4 is 4.90 Å². The van der Waals surface area contributed by atoms with Crippen molar-refractivity contribution in [3.8, 4) is 0 Å². The van der Waals surface area contributed by atoms with Gasteiger partial charge in [-0.15, -0.1) is 0 Å². The van der Waals surface area contributed by atoms with Gasteiger partial charge in [0, 0.05) is 24.9 Å². The molecule has 1 nitrogen and oxygen atoms in total. The molecule has 0 aromatic heterocycles. The maximum absolute atomic E-state index is 5.14. The quantitative estimate of drug-likeness (QED) is 0.625. The van der Waals surface area contributed by atoms with Gasteiger partial charge in [-0.1, -0.05) is 30.0 Å². The van der Waals surface area contributed by atoms with E-state index in [1.165, 1.54) is 10.6 Å². The Bertz CT molecular complexity index is 479. The number of para-hydroxylation sites is 1. The van der Waals surface area contributed by atoms with E-state index in [9.17, 15) is 0 Å². The summed E-state index contributed by atoms with van der Waals surface area (Å²) in [5, 5.41) is 2.01. The van der Waals surface area contributed by atoms with Crippen molar-refractivity contribution < 1.29 is 0 Å². The minimum absolute atomic E-state index is 0.194. The zero-order chi connectivity index (χ0) is 12.6. The molecule has 1 aliphatic rings. The van der Waals surface area contributed by atoms with Gasteiger partial charge in [0.25, 0.3) is 0 Å². The molecule has 1 aliphatic heterocycles. The number of nitrogens with zero attached hydrogens (tertiary/aromatic N) is 1. The van der Waals surface area contributed by atoms with Crippen LogP contribution in [0, 0.1) is 0 Å². The second-order valence-electron chi connectivity index (χ2n) is 3.73. The lowest BCUT2D eigenvalue weighted by molar-refractivity contribution is 1.01. The Morgan fingerprint density at radius 2 is 1.88 bits per heavy atom. The summed E-state index contributed by atoms with van der Waals surface area (Å²) in [7, 11) is 0.